The summed E-state index contributed by atoms with van der Waals surface area (Å²) in [5.74, 6) is 1.97. The number of benzene rings is 1. The van der Waals surface area contributed by atoms with Crippen LogP contribution in [0.25, 0.3) is 5.65 Å². The highest BCUT2D eigenvalue weighted by Crippen LogP contribution is 2.31. The number of aliphatic hydroxyl groups is 1. The SMILES string of the molecule is O[C@H]1CC[C@@H](COc2cnc(NCc3c(F)ccc4c3CCO4)n3cnnc23)CC1. The maximum absolute atomic E-state index is 14.4. The maximum atomic E-state index is 14.4. The summed E-state index contributed by atoms with van der Waals surface area (Å²) in [5, 5.41) is 21.0. The zero-order valence-corrected chi connectivity index (χ0v) is 16.6. The van der Waals surface area contributed by atoms with Crippen LogP contribution in [0.5, 0.6) is 11.5 Å². The Hall–Kier alpha value is -2.94. The van der Waals surface area contributed by atoms with E-state index in [9.17, 15) is 9.50 Å². The monoisotopic (exact) mass is 413 g/mol. The van der Waals surface area contributed by atoms with Gasteiger partial charge in [-0.1, -0.05) is 0 Å². The number of fused-ring (bicyclic) bond motifs is 2. The average molecular weight is 413 g/mol. The van der Waals surface area contributed by atoms with E-state index >= 15 is 0 Å². The third-order valence-electron chi connectivity index (χ3n) is 5.96. The van der Waals surface area contributed by atoms with E-state index < -0.39 is 0 Å². The molecule has 0 amide bonds. The molecule has 158 valence electrons. The van der Waals surface area contributed by atoms with Gasteiger partial charge in [0.2, 0.25) is 11.6 Å². The molecule has 2 N–H and O–H groups in total. The first kappa shape index (κ1) is 19.0. The van der Waals surface area contributed by atoms with Crippen LogP contribution in [-0.2, 0) is 13.0 Å². The van der Waals surface area contributed by atoms with Gasteiger partial charge in [-0.15, -0.1) is 10.2 Å². The first-order valence-electron chi connectivity index (χ1n) is 10.4. The quantitative estimate of drug-likeness (QED) is 0.642. The molecular weight excluding hydrogens is 389 g/mol. The van der Waals surface area contributed by atoms with Gasteiger partial charge in [-0.2, -0.15) is 0 Å². The minimum Gasteiger partial charge on any atom is -0.493 e. The Bertz CT molecular complexity index is 1050. The van der Waals surface area contributed by atoms with Gasteiger partial charge < -0.3 is 19.9 Å². The van der Waals surface area contributed by atoms with E-state index in [2.05, 4.69) is 20.5 Å². The predicted molar refractivity (Wildman–Crippen MR) is 107 cm³/mol. The summed E-state index contributed by atoms with van der Waals surface area (Å²) in [5.41, 5.74) is 2.05. The molecule has 3 aromatic rings. The Labute approximate surface area is 173 Å². The Balaban J connectivity index is 1.31. The maximum Gasteiger partial charge on any atom is 0.210 e. The van der Waals surface area contributed by atoms with Crippen molar-refractivity contribution in [2.24, 2.45) is 5.92 Å². The molecule has 9 heteroatoms. The van der Waals surface area contributed by atoms with Crippen molar-refractivity contribution in [2.75, 3.05) is 18.5 Å². The van der Waals surface area contributed by atoms with Crippen LogP contribution in [0.3, 0.4) is 0 Å². The minimum absolute atomic E-state index is 0.182. The number of hydrogen-bond donors (Lipinski definition) is 2. The number of nitrogens with one attached hydrogen (secondary N) is 1. The van der Waals surface area contributed by atoms with E-state index in [1.54, 1.807) is 23.0 Å². The summed E-state index contributed by atoms with van der Waals surface area (Å²) in [4.78, 5) is 4.45. The van der Waals surface area contributed by atoms with Crippen LogP contribution >= 0.6 is 0 Å². The molecule has 0 atom stereocenters. The smallest absolute Gasteiger partial charge is 0.210 e. The summed E-state index contributed by atoms with van der Waals surface area (Å²) in [6, 6.07) is 3.11. The third kappa shape index (κ3) is 3.65. The van der Waals surface area contributed by atoms with Crippen molar-refractivity contribution in [1.82, 2.24) is 19.6 Å². The summed E-state index contributed by atoms with van der Waals surface area (Å²) in [6.45, 7) is 1.42. The second-order valence-corrected chi connectivity index (χ2v) is 7.91. The molecule has 1 fully saturated rings. The second-order valence-electron chi connectivity index (χ2n) is 7.91. The number of rotatable bonds is 6. The first-order valence-corrected chi connectivity index (χ1v) is 10.4. The van der Waals surface area contributed by atoms with Gasteiger partial charge in [-0.25, -0.2) is 13.8 Å². The molecule has 2 aliphatic rings. The Morgan fingerprint density at radius 3 is 3.00 bits per heavy atom. The molecule has 0 bridgehead atoms. The van der Waals surface area contributed by atoms with E-state index in [-0.39, 0.29) is 18.5 Å². The van der Waals surface area contributed by atoms with Crippen molar-refractivity contribution in [3.63, 3.8) is 0 Å². The van der Waals surface area contributed by atoms with Gasteiger partial charge in [-0.05, 0) is 43.7 Å². The van der Waals surface area contributed by atoms with Crippen LogP contribution in [0.1, 0.15) is 36.8 Å². The molecule has 3 heterocycles. The molecule has 0 radical (unpaired) electrons. The van der Waals surface area contributed by atoms with Crippen molar-refractivity contribution < 1.29 is 19.0 Å². The van der Waals surface area contributed by atoms with E-state index in [1.165, 1.54) is 6.07 Å². The molecule has 1 saturated carbocycles. The van der Waals surface area contributed by atoms with Gasteiger partial charge in [0.05, 0.1) is 25.5 Å². The standard InChI is InChI=1S/C21H24FN5O3/c22-17-5-6-18-15(7-8-29-18)16(17)9-23-21-24-10-19(20-26-25-12-27(20)21)30-11-13-1-3-14(28)4-2-13/h5-6,10,12-14,28H,1-4,7-9,11H2,(H,23,24)/t13-,14+. The van der Waals surface area contributed by atoms with Crippen LogP contribution < -0.4 is 14.8 Å². The summed E-state index contributed by atoms with van der Waals surface area (Å²) in [6.07, 6.45) is 7.24. The molecule has 0 saturated heterocycles. The lowest BCUT2D eigenvalue weighted by molar-refractivity contribution is 0.0918. The van der Waals surface area contributed by atoms with Gasteiger partial charge in [0.1, 0.15) is 17.9 Å². The average Bonchev–Trinajstić information content (AvgIpc) is 3.43. The number of aromatic nitrogens is 4. The van der Waals surface area contributed by atoms with Gasteiger partial charge in [0, 0.05) is 24.1 Å². The van der Waals surface area contributed by atoms with Gasteiger partial charge >= 0.3 is 0 Å². The van der Waals surface area contributed by atoms with E-state index in [4.69, 9.17) is 9.47 Å². The molecule has 5 rings (SSSR count). The zero-order chi connectivity index (χ0) is 20.5. The Morgan fingerprint density at radius 1 is 1.27 bits per heavy atom. The topological polar surface area (TPSA) is 93.8 Å². The van der Waals surface area contributed by atoms with Crippen LogP contribution in [0.4, 0.5) is 10.3 Å². The van der Waals surface area contributed by atoms with E-state index in [1.807, 2.05) is 0 Å². The van der Waals surface area contributed by atoms with Crippen molar-refractivity contribution >= 4 is 11.6 Å². The van der Waals surface area contributed by atoms with Crippen molar-refractivity contribution in [3.05, 3.63) is 41.6 Å². The van der Waals surface area contributed by atoms with Crippen LogP contribution in [0.15, 0.2) is 24.7 Å². The zero-order valence-electron chi connectivity index (χ0n) is 16.6. The molecule has 0 spiro atoms. The van der Waals surface area contributed by atoms with Crippen LogP contribution in [-0.4, -0.2) is 44.0 Å². The van der Waals surface area contributed by atoms with E-state index in [0.29, 0.717) is 48.5 Å². The van der Waals surface area contributed by atoms with Crippen LogP contribution in [0.2, 0.25) is 0 Å². The predicted octanol–water partition coefficient (Wildman–Crippen LogP) is 2.74. The van der Waals surface area contributed by atoms with E-state index in [0.717, 1.165) is 37.0 Å². The molecule has 8 nitrogen and oxygen atoms in total. The largest absolute Gasteiger partial charge is 0.493 e. The number of anilines is 1. The minimum atomic E-state index is -0.260. The number of halogens is 1. The second kappa shape index (κ2) is 8.06. The first-order chi connectivity index (χ1) is 14.7. The normalized spacial score (nSPS) is 20.7. The Morgan fingerprint density at radius 2 is 2.13 bits per heavy atom. The molecule has 1 aliphatic carbocycles. The summed E-state index contributed by atoms with van der Waals surface area (Å²) >= 11 is 0. The molecule has 1 aromatic carbocycles. The molecule has 30 heavy (non-hydrogen) atoms. The highest BCUT2D eigenvalue weighted by molar-refractivity contribution is 5.56. The van der Waals surface area contributed by atoms with Gasteiger partial charge in [-0.3, -0.25) is 0 Å². The lowest BCUT2D eigenvalue weighted by Gasteiger charge is -2.25. The van der Waals surface area contributed by atoms with Crippen LogP contribution in [0, 0.1) is 11.7 Å². The van der Waals surface area contributed by atoms with Gasteiger partial charge in [0.15, 0.2) is 5.75 Å². The van der Waals surface area contributed by atoms with Crippen molar-refractivity contribution in [3.8, 4) is 11.5 Å². The highest BCUT2D eigenvalue weighted by Gasteiger charge is 2.22. The fraction of sp³-hybridized carbons (Fsp3) is 0.476. The number of aliphatic hydroxyl groups excluding tert-OH is 1. The lowest BCUT2D eigenvalue weighted by Crippen LogP contribution is -2.22. The molecule has 1 aliphatic heterocycles. The van der Waals surface area contributed by atoms with Crippen molar-refractivity contribution in [1.29, 1.82) is 0 Å². The Kier molecular flexibility index (Phi) is 5.12. The summed E-state index contributed by atoms with van der Waals surface area (Å²) in [7, 11) is 0. The molecule has 0 unspecified atom stereocenters. The fourth-order valence-corrected chi connectivity index (χ4v) is 4.22. The number of hydrogen-bond acceptors (Lipinski definition) is 7. The lowest BCUT2D eigenvalue weighted by atomic mass is 9.88. The summed E-state index contributed by atoms with van der Waals surface area (Å²) < 4.78 is 27.6. The molecule has 2 aromatic heterocycles. The fourth-order valence-electron chi connectivity index (χ4n) is 4.22. The highest BCUT2D eigenvalue weighted by atomic mass is 19.1. The third-order valence-corrected chi connectivity index (χ3v) is 5.96. The number of ether oxygens (including phenoxy) is 2. The van der Waals surface area contributed by atoms with Gasteiger partial charge in [0.25, 0.3) is 0 Å². The van der Waals surface area contributed by atoms with Crippen molar-refractivity contribution in [2.45, 2.75) is 44.8 Å². The number of nitrogens with zero attached hydrogens (tertiary/aromatic N) is 4. The molecular formula is C21H24FN5O3.